The molecule has 3 nitrogen and oxygen atoms in total. The van der Waals surface area contributed by atoms with Crippen molar-refractivity contribution < 1.29 is 9.53 Å². The first-order chi connectivity index (χ1) is 10.1. The fraction of sp³-hybridized carbons (Fsp3) is 0.188. The van der Waals surface area contributed by atoms with Crippen molar-refractivity contribution in [3.05, 3.63) is 53.1 Å². The van der Waals surface area contributed by atoms with Gasteiger partial charge in [0.2, 0.25) is 0 Å². The van der Waals surface area contributed by atoms with Crippen molar-refractivity contribution in [2.45, 2.75) is 11.8 Å². The zero-order chi connectivity index (χ0) is 15.2. The molecule has 0 saturated heterocycles. The summed E-state index contributed by atoms with van der Waals surface area (Å²) in [5, 5.41) is 3.45. The highest BCUT2D eigenvalue weighted by Gasteiger charge is 2.06. The molecule has 0 heterocycles. The van der Waals surface area contributed by atoms with Crippen molar-refractivity contribution in [3.8, 4) is 5.75 Å². The number of hydrogen-bond acceptors (Lipinski definition) is 3. The first-order valence-corrected chi connectivity index (χ1v) is 8.01. The second-order valence-corrected chi connectivity index (χ2v) is 5.79. The second kappa shape index (κ2) is 7.38. The van der Waals surface area contributed by atoms with Gasteiger partial charge in [0, 0.05) is 15.6 Å². The van der Waals surface area contributed by atoms with Crippen LogP contribution in [-0.2, 0) is 4.79 Å². The van der Waals surface area contributed by atoms with Gasteiger partial charge in [0.25, 0.3) is 5.91 Å². The van der Waals surface area contributed by atoms with Crippen LogP contribution in [0.3, 0.4) is 0 Å². The second-order valence-electron chi connectivity index (χ2n) is 4.47. The topological polar surface area (TPSA) is 38.3 Å². The third-order valence-corrected chi connectivity index (χ3v) is 3.87. The molecule has 0 saturated carbocycles. The zero-order valence-electron chi connectivity index (χ0n) is 11.9. The molecular weight excluding hydrogens is 306 g/mol. The summed E-state index contributed by atoms with van der Waals surface area (Å²) < 4.78 is 5.46. The van der Waals surface area contributed by atoms with Gasteiger partial charge in [0.1, 0.15) is 5.75 Å². The van der Waals surface area contributed by atoms with Crippen molar-refractivity contribution in [2.24, 2.45) is 0 Å². The van der Waals surface area contributed by atoms with Crippen LogP contribution < -0.4 is 10.1 Å². The van der Waals surface area contributed by atoms with E-state index in [-0.39, 0.29) is 12.5 Å². The van der Waals surface area contributed by atoms with E-state index in [0.29, 0.717) is 10.8 Å². The highest BCUT2D eigenvalue weighted by atomic mass is 35.5. The number of rotatable bonds is 5. The Labute approximate surface area is 133 Å². The average Bonchev–Trinajstić information content (AvgIpc) is 2.48. The summed E-state index contributed by atoms with van der Waals surface area (Å²) in [5.41, 5.74) is 1.66. The van der Waals surface area contributed by atoms with Crippen molar-refractivity contribution >= 4 is 35.0 Å². The predicted molar refractivity (Wildman–Crippen MR) is 88.5 cm³/mol. The lowest BCUT2D eigenvalue weighted by molar-refractivity contribution is -0.118. The van der Waals surface area contributed by atoms with Gasteiger partial charge >= 0.3 is 0 Å². The van der Waals surface area contributed by atoms with Crippen LogP contribution in [0.2, 0.25) is 5.02 Å². The number of ether oxygens (including phenoxy) is 1. The Morgan fingerprint density at radius 3 is 2.57 bits per heavy atom. The monoisotopic (exact) mass is 321 g/mol. The summed E-state index contributed by atoms with van der Waals surface area (Å²) in [4.78, 5) is 13.0. The summed E-state index contributed by atoms with van der Waals surface area (Å²) in [5.74, 6) is 0.477. The molecule has 0 aliphatic carbocycles. The highest BCUT2D eigenvalue weighted by Crippen LogP contribution is 2.20. The number of anilines is 1. The minimum absolute atomic E-state index is 0.0271. The Kier molecular flexibility index (Phi) is 5.53. The number of halogens is 1. The largest absolute Gasteiger partial charge is 0.484 e. The van der Waals surface area contributed by atoms with Gasteiger partial charge in [-0.1, -0.05) is 11.6 Å². The molecule has 5 heteroatoms. The lowest BCUT2D eigenvalue weighted by Crippen LogP contribution is -2.20. The van der Waals surface area contributed by atoms with E-state index in [2.05, 4.69) is 5.32 Å². The van der Waals surface area contributed by atoms with Crippen molar-refractivity contribution in [1.29, 1.82) is 0 Å². The summed E-state index contributed by atoms with van der Waals surface area (Å²) >= 11 is 7.54. The third kappa shape index (κ3) is 4.69. The Balaban J connectivity index is 1.89. The smallest absolute Gasteiger partial charge is 0.262 e. The molecule has 2 aromatic rings. The number of amides is 1. The molecule has 0 unspecified atom stereocenters. The van der Waals surface area contributed by atoms with Gasteiger partial charge in [0.05, 0.1) is 0 Å². The Bertz CT molecular complexity index is 629. The van der Waals surface area contributed by atoms with E-state index in [1.165, 1.54) is 0 Å². The van der Waals surface area contributed by atoms with Crippen molar-refractivity contribution in [3.63, 3.8) is 0 Å². The van der Waals surface area contributed by atoms with Gasteiger partial charge in [-0.2, -0.15) is 0 Å². The number of hydrogen-bond donors (Lipinski definition) is 1. The van der Waals surface area contributed by atoms with Crippen LogP contribution in [0.4, 0.5) is 5.69 Å². The summed E-state index contributed by atoms with van der Waals surface area (Å²) in [6, 6.07) is 13.0. The zero-order valence-corrected chi connectivity index (χ0v) is 13.4. The van der Waals surface area contributed by atoms with E-state index in [4.69, 9.17) is 16.3 Å². The van der Waals surface area contributed by atoms with E-state index < -0.39 is 0 Å². The van der Waals surface area contributed by atoms with E-state index in [9.17, 15) is 4.79 Å². The average molecular weight is 322 g/mol. The summed E-state index contributed by atoms with van der Waals surface area (Å²) in [6.07, 6.45) is 2.01. The number of thioether (sulfide) groups is 1. The molecule has 2 rings (SSSR count). The molecular formula is C16H16ClNO2S. The van der Waals surface area contributed by atoms with E-state index >= 15 is 0 Å². The van der Waals surface area contributed by atoms with E-state index in [1.54, 1.807) is 30.0 Å². The minimum atomic E-state index is -0.200. The van der Waals surface area contributed by atoms with Gasteiger partial charge in [0.15, 0.2) is 6.61 Å². The maximum atomic E-state index is 11.9. The Morgan fingerprint density at radius 1 is 1.24 bits per heavy atom. The standard InChI is InChI=1S/C16H16ClNO2S/c1-11-9-12(17)3-8-15(11)18-16(19)10-20-13-4-6-14(21-2)7-5-13/h3-9H,10H2,1-2H3,(H,18,19). The number of aryl methyl sites for hydroxylation is 1. The van der Waals surface area contributed by atoms with Gasteiger partial charge in [-0.05, 0) is 61.2 Å². The van der Waals surface area contributed by atoms with Crippen molar-refractivity contribution in [2.75, 3.05) is 18.2 Å². The van der Waals surface area contributed by atoms with Gasteiger partial charge in [-0.15, -0.1) is 11.8 Å². The van der Waals surface area contributed by atoms with Crippen molar-refractivity contribution in [1.82, 2.24) is 0 Å². The molecule has 0 radical (unpaired) electrons. The fourth-order valence-electron chi connectivity index (χ4n) is 1.77. The minimum Gasteiger partial charge on any atom is -0.484 e. The molecule has 0 spiro atoms. The number of carbonyl (C=O) groups is 1. The molecule has 0 aliphatic heterocycles. The molecule has 0 bridgehead atoms. The lowest BCUT2D eigenvalue weighted by Gasteiger charge is -2.10. The molecule has 0 fully saturated rings. The quantitative estimate of drug-likeness (QED) is 0.830. The number of nitrogens with one attached hydrogen (secondary N) is 1. The van der Waals surface area contributed by atoms with Crippen LogP contribution in [-0.4, -0.2) is 18.8 Å². The molecule has 1 amide bonds. The third-order valence-electron chi connectivity index (χ3n) is 2.89. The van der Waals surface area contributed by atoms with Gasteiger partial charge < -0.3 is 10.1 Å². The number of carbonyl (C=O) groups excluding carboxylic acids is 1. The lowest BCUT2D eigenvalue weighted by atomic mass is 10.2. The Morgan fingerprint density at radius 2 is 1.95 bits per heavy atom. The van der Waals surface area contributed by atoms with Crippen LogP contribution in [0.15, 0.2) is 47.4 Å². The van der Waals surface area contributed by atoms with Crippen LogP contribution in [0.25, 0.3) is 0 Å². The first-order valence-electron chi connectivity index (χ1n) is 6.41. The van der Waals surface area contributed by atoms with Crippen LogP contribution in [0.1, 0.15) is 5.56 Å². The van der Waals surface area contributed by atoms with E-state index in [1.807, 2.05) is 37.4 Å². The molecule has 1 N–H and O–H groups in total. The fourth-order valence-corrected chi connectivity index (χ4v) is 2.41. The number of benzene rings is 2. The first kappa shape index (κ1) is 15.7. The molecule has 0 atom stereocenters. The van der Waals surface area contributed by atoms with Crippen LogP contribution >= 0.6 is 23.4 Å². The summed E-state index contributed by atoms with van der Waals surface area (Å²) in [7, 11) is 0. The maximum absolute atomic E-state index is 11.9. The van der Waals surface area contributed by atoms with E-state index in [0.717, 1.165) is 16.1 Å². The molecule has 0 aromatic heterocycles. The van der Waals surface area contributed by atoms with Gasteiger partial charge in [-0.3, -0.25) is 4.79 Å². The highest BCUT2D eigenvalue weighted by molar-refractivity contribution is 7.98. The molecule has 110 valence electrons. The molecule has 0 aliphatic rings. The van der Waals surface area contributed by atoms with Gasteiger partial charge in [-0.25, -0.2) is 0 Å². The summed E-state index contributed by atoms with van der Waals surface area (Å²) in [6.45, 7) is 1.87. The predicted octanol–water partition coefficient (Wildman–Crippen LogP) is 4.39. The Hall–Kier alpha value is -1.65. The normalized spacial score (nSPS) is 10.2. The SMILES string of the molecule is CSc1ccc(OCC(=O)Nc2ccc(Cl)cc2C)cc1. The van der Waals surface area contributed by atoms with Crippen LogP contribution in [0.5, 0.6) is 5.75 Å². The molecule has 2 aromatic carbocycles. The molecule has 21 heavy (non-hydrogen) atoms. The van der Waals surface area contributed by atoms with Crippen LogP contribution in [0, 0.1) is 6.92 Å². The maximum Gasteiger partial charge on any atom is 0.262 e.